The molecule has 0 N–H and O–H groups in total. The molecule has 4 heteroatoms. The lowest BCUT2D eigenvalue weighted by atomic mass is 10.1. The molecule has 2 nitrogen and oxygen atoms in total. The Balaban J connectivity index is 3.08. The lowest BCUT2D eigenvalue weighted by Crippen LogP contribution is -2.06. The summed E-state index contributed by atoms with van der Waals surface area (Å²) >= 11 is 0. The first-order chi connectivity index (χ1) is 6.45. The zero-order valence-corrected chi connectivity index (χ0v) is 9.01. The molecule has 0 saturated carbocycles. The second-order valence-corrected chi connectivity index (χ2v) is 4.80. The van der Waals surface area contributed by atoms with Gasteiger partial charge in [0.1, 0.15) is 5.25 Å². The first-order valence-electron chi connectivity index (χ1n) is 4.45. The van der Waals surface area contributed by atoms with E-state index >= 15 is 0 Å². The van der Waals surface area contributed by atoms with Gasteiger partial charge in [-0.3, -0.25) is 0 Å². The number of hydrogen-bond donors (Lipinski definition) is 0. The third-order valence-corrected chi connectivity index (χ3v) is 3.44. The van der Waals surface area contributed by atoms with Crippen LogP contribution in [0.3, 0.4) is 0 Å². The molecule has 1 aromatic rings. The molecule has 0 aliphatic rings. The van der Waals surface area contributed by atoms with E-state index in [1.165, 1.54) is 0 Å². The van der Waals surface area contributed by atoms with E-state index in [4.69, 9.17) is 0 Å². The Hall–Kier alpha value is -0.900. The minimum absolute atomic E-state index is 0.252. The van der Waals surface area contributed by atoms with Gasteiger partial charge in [-0.15, -0.1) is 3.89 Å². The topological polar surface area (TPSA) is 34.1 Å². The van der Waals surface area contributed by atoms with Crippen LogP contribution >= 0.6 is 0 Å². The summed E-state index contributed by atoms with van der Waals surface area (Å²) in [6.07, 6.45) is 0.252. The van der Waals surface area contributed by atoms with Gasteiger partial charge in [0.2, 0.25) is 0 Å². The fourth-order valence-corrected chi connectivity index (χ4v) is 2.26. The molecule has 0 spiro atoms. The second kappa shape index (κ2) is 4.09. The van der Waals surface area contributed by atoms with E-state index in [1.807, 2.05) is 6.92 Å². The molecule has 0 aromatic heterocycles. The molecule has 78 valence electrons. The van der Waals surface area contributed by atoms with Crippen molar-refractivity contribution in [3.63, 3.8) is 0 Å². The normalized spacial score (nSPS) is 13.9. The van der Waals surface area contributed by atoms with Crippen LogP contribution in [0.1, 0.15) is 29.7 Å². The molecule has 1 unspecified atom stereocenters. The molecule has 1 aromatic carbocycles. The van der Waals surface area contributed by atoms with Crippen LogP contribution in [-0.4, -0.2) is 8.42 Å². The molecule has 0 fully saturated rings. The summed E-state index contributed by atoms with van der Waals surface area (Å²) in [5.74, 6) is 0. The SMILES string of the molecule is CCC(c1ccc(C)cc1)S(=O)(=O)F. The van der Waals surface area contributed by atoms with E-state index in [1.54, 1.807) is 31.2 Å². The van der Waals surface area contributed by atoms with Gasteiger partial charge in [-0.05, 0) is 18.9 Å². The summed E-state index contributed by atoms with van der Waals surface area (Å²) in [7, 11) is -4.48. The third-order valence-electron chi connectivity index (χ3n) is 2.16. The molecular weight excluding hydrogens is 203 g/mol. The second-order valence-electron chi connectivity index (χ2n) is 3.28. The summed E-state index contributed by atoms with van der Waals surface area (Å²) in [5.41, 5.74) is 1.54. The van der Waals surface area contributed by atoms with Crippen LogP contribution in [0.2, 0.25) is 0 Å². The predicted octanol–water partition coefficient (Wildman–Crippen LogP) is 2.75. The van der Waals surface area contributed by atoms with E-state index in [2.05, 4.69) is 0 Å². The average molecular weight is 216 g/mol. The maximum absolute atomic E-state index is 12.8. The molecule has 0 amide bonds. The van der Waals surface area contributed by atoms with Crippen LogP contribution in [0, 0.1) is 6.92 Å². The molecule has 0 aliphatic heterocycles. The molecular formula is C10H13FO2S. The highest BCUT2D eigenvalue weighted by molar-refractivity contribution is 7.86. The van der Waals surface area contributed by atoms with Gasteiger partial charge in [0, 0.05) is 0 Å². The Morgan fingerprint density at radius 1 is 1.29 bits per heavy atom. The van der Waals surface area contributed by atoms with Crippen molar-refractivity contribution in [2.45, 2.75) is 25.5 Å². The molecule has 14 heavy (non-hydrogen) atoms. The Morgan fingerprint density at radius 2 is 1.79 bits per heavy atom. The summed E-state index contributed by atoms with van der Waals surface area (Å²) < 4.78 is 34.4. The monoisotopic (exact) mass is 216 g/mol. The predicted molar refractivity (Wildman–Crippen MR) is 54.2 cm³/mol. The van der Waals surface area contributed by atoms with Crippen LogP contribution in [0.5, 0.6) is 0 Å². The van der Waals surface area contributed by atoms with E-state index in [9.17, 15) is 12.3 Å². The summed E-state index contributed by atoms with van der Waals surface area (Å²) in [4.78, 5) is 0. The van der Waals surface area contributed by atoms with Crippen molar-refractivity contribution in [1.29, 1.82) is 0 Å². The van der Waals surface area contributed by atoms with Crippen molar-refractivity contribution in [1.82, 2.24) is 0 Å². The van der Waals surface area contributed by atoms with Crippen molar-refractivity contribution in [2.75, 3.05) is 0 Å². The summed E-state index contributed by atoms with van der Waals surface area (Å²) in [6.45, 7) is 3.55. The van der Waals surface area contributed by atoms with Crippen LogP contribution < -0.4 is 0 Å². The average Bonchev–Trinajstić information content (AvgIpc) is 2.07. The fraction of sp³-hybridized carbons (Fsp3) is 0.400. The highest BCUT2D eigenvalue weighted by Gasteiger charge is 2.24. The highest BCUT2D eigenvalue weighted by Crippen LogP contribution is 2.27. The van der Waals surface area contributed by atoms with Gasteiger partial charge in [-0.2, -0.15) is 8.42 Å². The van der Waals surface area contributed by atoms with Crippen molar-refractivity contribution in [2.24, 2.45) is 0 Å². The van der Waals surface area contributed by atoms with E-state index in [-0.39, 0.29) is 6.42 Å². The maximum atomic E-state index is 12.8. The van der Waals surface area contributed by atoms with Crippen LogP contribution in [0.15, 0.2) is 24.3 Å². The van der Waals surface area contributed by atoms with E-state index in [0.717, 1.165) is 5.56 Å². The highest BCUT2D eigenvalue weighted by atomic mass is 32.3. The van der Waals surface area contributed by atoms with Gasteiger partial charge >= 0.3 is 10.2 Å². The van der Waals surface area contributed by atoms with Gasteiger partial charge in [-0.1, -0.05) is 36.8 Å². The standard InChI is InChI=1S/C10H13FO2S/c1-3-10(14(11,12)13)9-6-4-8(2)5-7-9/h4-7,10H,3H2,1-2H3. The number of aryl methyl sites for hydroxylation is 1. The van der Waals surface area contributed by atoms with Crippen molar-refractivity contribution >= 4 is 10.2 Å². The Kier molecular flexibility index (Phi) is 3.26. The Bertz CT molecular complexity index is 395. The quantitative estimate of drug-likeness (QED) is 0.728. The maximum Gasteiger partial charge on any atom is 0.309 e. The van der Waals surface area contributed by atoms with Crippen LogP contribution in [0.4, 0.5) is 3.89 Å². The molecule has 1 atom stereocenters. The molecule has 0 heterocycles. The Labute approximate surface area is 84.0 Å². The van der Waals surface area contributed by atoms with Crippen molar-refractivity contribution in [3.8, 4) is 0 Å². The minimum atomic E-state index is -4.48. The lowest BCUT2D eigenvalue weighted by molar-refractivity contribution is 0.533. The molecule has 1 rings (SSSR count). The zero-order chi connectivity index (χ0) is 10.8. The van der Waals surface area contributed by atoms with Crippen molar-refractivity contribution in [3.05, 3.63) is 35.4 Å². The van der Waals surface area contributed by atoms with Crippen LogP contribution in [0.25, 0.3) is 0 Å². The van der Waals surface area contributed by atoms with Crippen molar-refractivity contribution < 1.29 is 12.3 Å². The summed E-state index contributed by atoms with van der Waals surface area (Å²) in [5, 5.41) is -1.02. The van der Waals surface area contributed by atoms with Gasteiger partial charge in [0.05, 0.1) is 0 Å². The van der Waals surface area contributed by atoms with E-state index < -0.39 is 15.5 Å². The lowest BCUT2D eigenvalue weighted by Gasteiger charge is -2.10. The first kappa shape index (κ1) is 11.2. The zero-order valence-electron chi connectivity index (χ0n) is 8.20. The van der Waals surface area contributed by atoms with Gasteiger partial charge < -0.3 is 0 Å². The van der Waals surface area contributed by atoms with Crippen LogP contribution in [-0.2, 0) is 10.2 Å². The molecule has 0 bridgehead atoms. The fourth-order valence-electron chi connectivity index (χ4n) is 1.38. The van der Waals surface area contributed by atoms with Gasteiger partial charge in [-0.25, -0.2) is 0 Å². The Morgan fingerprint density at radius 3 is 2.14 bits per heavy atom. The number of benzene rings is 1. The number of rotatable bonds is 3. The largest absolute Gasteiger partial charge is 0.309 e. The molecule has 0 saturated heterocycles. The molecule has 0 aliphatic carbocycles. The van der Waals surface area contributed by atoms with Gasteiger partial charge in [0.25, 0.3) is 0 Å². The van der Waals surface area contributed by atoms with Gasteiger partial charge in [0.15, 0.2) is 0 Å². The van der Waals surface area contributed by atoms with E-state index in [0.29, 0.717) is 5.56 Å². The minimum Gasteiger partial charge on any atom is -0.194 e. The third kappa shape index (κ3) is 2.54. The number of halogens is 1. The summed E-state index contributed by atoms with van der Waals surface area (Å²) in [6, 6.07) is 6.87. The molecule has 0 radical (unpaired) electrons. The smallest absolute Gasteiger partial charge is 0.194 e. The first-order valence-corrected chi connectivity index (χ1v) is 5.90. The number of hydrogen-bond acceptors (Lipinski definition) is 2.